The molecule has 0 radical (unpaired) electrons. The van der Waals surface area contributed by atoms with E-state index >= 15 is 0 Å². The van der Waals surface area contributed by atoms with Crippen molar-refractivity contribution < 1.29 is 22.7 Å². The summed E-state index contributed by atoms with van der Waals surface area (Å²) in [7, 11) is -2.17. The van der Waals surface area contributed by atoms with Gasteiger partial charge in [-0.05, 0) is 73.0 Å². The van der Waals surface area contributed by atoms with Crippen LogP contribution in [0.2, 0.25) is 5.02 Å². The van der Waals surface area contributed by atoms with E-state index < -0.39 is 10.0 Å². The Kier molecular flexibility index (Phi) is 8.19. The predicted octanol–water partition coefficient (Wildman–Crippen LogP) is 4.20. The quantitative estimate of drug-likeness (QED) is 0.446. The number of amides is 1. The van der Waals surface area contributed by atoms with Crippen LogP contribution in [0.25, 0.3) is 0 Å². The molecule has 0 bridgehead atoms. The second kappa shape index (κ2) is 11.1. The van der Waals surface area contributed by atoms with E-state index in [0.29, 0.717) is 29.4 Å². The minimum Gasteiger partial charge on any atom is -0.497 e. The molecule has 0 aliphatic carbocycles. The van der Waals surface area contributed by atoms with Crippen molar-refractivity contribution in [2.24, 2.45) is 0 Å². The molecule has 0 fully saturated rings. The Balaban J connectivity index is 1.47. The number of aryl methyl sites for hydroxylation is 1. The maximum atomic E-state index is 12.6. The van der Waals surface area contributed by atoms with Gasteiger partial charge in [0.1, 0.15) is 11.5 Å². The van der Waals surface area contributed by atoms with Crippen molar-refractivity contribution in [3.8, 4) is 11.5 Å². The molecule has 9 heteroatoms. The van der Waals surface area contributed by atoms with Gasteiger partial charge in [0.15, 0.2) is 6.61 Å². The van der Waals surface area contributed by atoms with Crippen molar-refractivity contribution in [3.63, 3.8) is 0 Å². The number of nitrogens with one attached hydrogen (secondary N) is 2. The van der Waals surface area contributed by atoms with E-state index in [1.807, 2.05) is 31.2 Å². The van der Waals surface area contributed by atoms with Gasteiger partial charge in [-0.3, -0.25) is 9.52 Å². The van der Waals surface area contributed by atoms with Crippen LogP contribution in [0.4, 0.5) is 5.69 Å². The summed E-state index contributed by atoms with van der Waals surface area (Å²) in [5.41, 5.74) is 2.30. The SMILES string of the molecule is COc1ccc(CCNC(=O)COc2ccc(S(=O)(=O)Nc3ccc(C)c(Cl)c3)cc2)cc1. The average molecular weight is 489 g/mol. The highest BCUT2D eigenvalue weighted by Crippen LogP contribution is 2.23. The van der Waals surface area contributed by atoms with Gasteiger partial charge < -0.3 is 14.8 Å². The molecule has 0 unspecified atom stereocenters. The molecule has 0 saturated carbocycles. The zero-order chi connectivity index (χ0) is 23.8. The van der Waals surface area contributed by atoms with Crippen LogP contribution < -0.4 is 19.5 Å². The van der Waals surface area contributed by atoms with E-state index in [9.17, 15) is 13.2 Å². The van der Waals surface area contributed by atoms with Crippen molar-refractivity contribution >= 4 is 33.2 Å². The van der Waals surface area contributed by atoms with Crippen LogP contribution in [0.3, 0.4) is 0 Å². The Labute approximate surface area is 198 Å². The van der Waals surface area contributed by atoms with Gasteiger partial charge >= 0.3 is 0 Å². The summed E-state index contributed by atoms with van der Waals surface area (Å²) in [5.74, 6) is 0.904. The number of sulfonamides is 1. The topological polar surface area (TPSA) is 93.7 Å². The molecule has 0 aromatic heterocycles. The number of carbonyl (C=O) groups excluding carboxylic acids is 1. The van der Waals surface area contributed by atoms with Crippen molar-refractivity contribution in [1.82, 2.24) is 5.32 Å². The zero-order valence-corrected chi connectivity index (χ0v) is 19.9. The minimum atomic E-state index is -3.79. The van der Waals surface area contributed by atoms with Crippen LogP contribution in [-0.2, 0) is 21.2 Å². The lowest BCUT2D eigenvalue weighted by molar-refractivity contribution is -0.123. The third-order valence-electron chi connectivity index (χ3n) is 4.82. The molecule has 33 heavy (non-hydrogen) atoms. The molecule has 0 heterocycles. The van der Waals surface area contributed by atoms with Crippen LogP contribution in [0.15, 0.2) is 71.6 Å². The average Bonchev–Trinajstić information content (AvgIpc) is 2.80. The van der Waals surface area contributed by atoms with Gasteiger partial charge in [0.2, 0.25) is 0 Å². The standard InChI is InChI=1S/C24H25ClN2O5S/c1-17-3-6-19(15-23(17)25)27-33(29,30)22-11-9-21(10-12-22)32-16-24(28)26-14-13-18-4-7-20(31-2)8-5-18/h3-12,15,27H,13-14,16H2,1-2H3,(H,26,28). The lowest BCUT2D eigenvalue weighted by Crippen LogP contribution is -2.30. The van der Waals surface area contributed by atoms with E-state index in [0.717, 1.165) is 16.9 Å². The summed E-state index contributed by atoms with van der Waals surface area (Å²) in [6.45, 7) is 2.13. The van der Waals surface area contributed by atoms with E-state index in [-0.39, 0.29) is 17.4 Å². The molecule has 0 saturated heterocycles. The largest absolute Gasteiger partial charge is 0.497 e. The summed E-state index contributed by atoms with van der Waals surface area (Å²) in [5, 5.41) is 3.26. The van der Waals surface area contributed by atoms with E-state index in [1.165, 1.54) is 24.3 Å². The fraction of sp³-hybridized carbons (Fsp3) is 0.208. The maximum Gasteiger partial charge on any atom is 0.261 e. The Bertz CT molecular complexity index is 1200. The molecule has 2 N–H and O–H groups in total. The molecule has 0 spiro atoms. The first-order valence-electron chi connectivity index (χ1n) is 10.2. The van der Waals surface area contributed by atoms with Gasteiger partial charge in [-0.1, -0.05) is 29.8 Å². The number of hydrogen-bond donors (Lipinski definition) is 2. The Hall–Kier alpha value is -3.23. The smallest absolute Gasteiger partial charge is 0.261 e. The van der Waals surface area contributed by atoms with E-state index in [4.69, 9.17) is 21.1 Å². The lowest BCUT2D eigenvalue weighted by atomic mass is 10.1. The highest BCUT2D eigenvalue weighted by molar-refractivity contribution is 7.92. The summed E-state index contributed by atoms with van der Waals surface area (Å²) >= 11 is 6.06. The first-order valence-corrected chi connectivity index (χ1v) is 12.0. The summed E-state index contributed by atoms with van der Waals surface area (Å²) in [6.07, 6.45) is 0.682. The highest BCUT2D eigenvalue weighted by Gasteiger charge is 2.15. The van der Waals surface area contributed by atoms with Crippen molar-refractivity contribution in [2.75, 3.05) is 25.0 Å². The van der Waals surface area contributed by atoms with Crippen LogP contribution in [-0.4, -0.2) is 34.6 Å². The molecule has 0 aliphatic rings. The molecule has 3 aromatic carbocycles. The van der Waals surface area contributed by atoms with Crippen LogP contribution in [0.1, 0.15) is 11.1 Å². The zero-order valence-electron chi connectivity index (χ0n) is 18.3. The number of hydrogen-bond acceptors (Lipinski definition) is 5. The molecular formula is C24H25ClN2O5S. The van der Waals surface area contributed by atoms with Gasteiger partial charge in [-0.25, -0.2) is 8.42 Å². The number of carbonyl (C=O) groups is 1. The minimum absolute atomic E-state index is 0.0653. The molecule has 0 atom stereocenters. The Morgan fingerprint density at radius 3 is 2.27 bits per heavy atom. The predicted molar refractivity (Wildman–Crippen MR) is 129 cm³/mol. The molecule has 3 rings (SSSR count). The monoisotopic (exact) mass is 488 g/mol. The lowest BCUT2D eigenvalue weighted by Gasteiger charge is -2.11. The van der Waals surface area contributed by atoms with Crippen LogP contribution in [0, 0.1) is 6.92 Å². The second-order valence-electron chi connectivity index (χ2n) is 7.28. The Morgan fingerprint density at radius 1 is 0.970 bits per heavy atom. The molecule has 174 valence electrons. The van der Waals surface area contributed by atoms with Crippen molar-refractivity contribution in [2.45, 2.75) is 18.2 Å². The maximum absolute atomic E-state index is 12.6. The molecular weight excluding hydrogens is 464 g/mol. The fourth-order valence-electron chi connectivity index (χ4n) is 2.92. The first-order chi connectivity index (χ1) is 15.8. The van der Waals surface area contributed by atoms with Gasteiger partial charge in [-0.2, -0.15) is 0 Å². The summed E-state index contributed by atoms with van der Waals surface area (Å²) in [6, 6.07) is 18.4. The number of rotatable bonds is 10. The van der Waals surface area contributed by atoms with Gasteiger partial charge in [0.05, 0.1) is 17.7 Å². The van der Waals surface area contributed by atoms with Gasteiger partial charge in [-0.15, -0.1) is 0 Å². The third-order valence-corrected chi connectivity index (χ3v) is 6.63. The van der Waals surface area contributed by atoms with Crippen molar-refractivity contribution in [3.05, 3.63) is 82.9 Å². The fourth-order valence-corrected chi connectivity index (χ4v) is 4.15. The second-order valence-corrected chi connectivity index (χ2v) is 9.37. The summed E-state index contributed by atoms with van der Waals surface area (Å²) < 4.78 is 38.2. The normalized spacial score (nSPS) is 11.0. The number of ether oxygens (including phenoxy) is 2. The van der Waals surface area contributed by atoms with Crippen molar-refractivity contribution in [1.29, 1.82) is 0 Å². The van der Waals surface area contributed by atoms with E-state index in [2.05, 4.69) is 10.0 Å². The molecule has 3 aromatic rings. The number of methoxy groups -OCH3 is 1. The molecule has 0 aliphatic heterocycles. The first kappa shape index (κ1) is 24.4. The van der Waals surface area contributed by atoms with Gasteiger partial charge in [0, 0.05) is 11.6 Å². The Morgan fingerprint density at radius 2 is 1.64 bits per heavy atom. The molecule has 1 amide bonds. The van der Waals surface area contributed by atoms with E-state index in [1.54, 1.807) is 25.3 Å². The van der Waals surface area contributed by atoms with Crippen LogP contribution in [0.5, 0.6) is 11.5 Å². The third kappa shape index (κ3) is 7.13. The summed E-state index contributed by atoms with van der Waals surface area (Å²) in [4.78, 5) is 12.1. The number of benzene rings is 3. The molecule has 7 nitrogen and oxygen atoms in total. The van der Waals surface area contributed by atoms with Gasteiger partial charge in [0.25, 0.3) is 15.9 Å². The van der Waals surface area contributed by atoms with Crippen LogP contribution >= 0.6 is 11.6 Å². The highest BCUT2D eigenvalue weighted by atomic mass is 35.5. The number of halogens is 1. The number of anilines is 1.